The molecule has 69 heavy (non-hydrogen) atoms. The molecule has 0 spiro atoms. The van der Waals surface area contributed by atoms with Crippen LogP contribution in [0.1, 0.15) is 226 Å². The number of hydrogen-bond donors (Lipinski definition) is 0. The van der Waals surface area contributed by atoms with Gasteiger partial charge in [0.15, 0.2) is 6.10 Å². The molecule has 0 aromatic rings. The summed E-state index contributed by atoms with van der Waals surface area (Å²) in [5, 5.41) is 0. The van der Waals surface area contributed by atoms with Crippen LogP contribution in [0.5, 0.6) is 0 Å². The Labute approximate surface area is 424 Å². The Hall–Kier alpha value is -4.45. The lowest BCUT2D eigenvalue weighted by Crippen LogP contribution is -2.30. The van der Waals surface area contributed by atoms with Gasteiger partial charge in [-0.15, -0.1) is 0 Å². The number of carbonyl (C=O) groups excluding carboxylic acids is 3. The minimum absolute atomic E-state index is 0.133. The number of rotatable bonds is 48. The largest absolute Gasteiger partial charge is 0.462 e. The van der Waals surface area contributed by atoms with E-state index >= 15 is 0 Å². The summed E-state index contributed by atoms with van der Waals surface area (Å²) in [5.41, 5.74) is 0. The monoisotopic (exact) mass is 953 g/mol. The van der Waals surface area contributed by atoms with Crippen molar-refractivity contribution in [2.24, 2.45) is 0 Å². The Morgan fingerprint density at radius 1 is 0.290 bits per heavy atom. The van der Waals surface area contributed by atoms with Gasteiger partial charge in [0.25, 0.3) is 0 Å². The first kappa shape index (κ1) is 64.5. The second-order valence-corrected chi connectivity index (χ2v) is 17.8. The molecular weight excluding hydrogens is 853 g/mol. The molecule has 0 aliphatic carbocycles. The molecule has 6 heteroatoms. The molecule has 6 nitrogen and oxygen atoms in total. The molecule has 0 aromatic carbocycles. The molecule has 0 aliphatic heterocycles. The van der Waals surface area contributed by atoms with E-state index in [-0.39, 0.29) is 44.0 Å². The summed E-state index contributed by atoms with van der Waals surface area (Å²) in [5.74, 6) is -1.07. The van der Waals surface area contributed by atoms with Gasteiger partial charge in [-0.05, 0) is 135 Å². The molecule has 0 radical (unpaired) electrons. The number of carbonyl (C=O) groups is 3. The maximum Gasteiger partial charge on any atom is 0.306 e. The SMILES string of the molecule is CCCCC/C=C\C/C=C\C/C=C\C/C=C\CCCC(=O)OC[C@@H](COC(=O)CCCCCC/C=C\C/C=C\C/C=C\CCCCC)OC(=O)CCC/C=C\C/C=C\C/C=C\C/C=C\CCCCC. The van der Waals surface area contributed by atoms with Gasteiger partial charge in [0, 0.05) is 19.3 Å². The van der Waals surface area contributed by atoms with E-state index in [0.717, 1.165) is 96.3 Å². The van der Waals surface area contributed by atoms with Crippen LogP contribution in [-0.4, -0.2) is 37.2 Å². The molecule has 0 heterocycles. The maximum atomic E-state index is 12.8. The van der Waals surface area contributed by atoms with Crippen LogP contribution in [0.4, 0.5) is 0 Å². The van der Waals surface area contributed by atoms with Crippen molar-refractivity contribution in [1.82, 2.24) is 0 Å². The lowest BCUT2D eigenvalue weighted by atomic mass is 10.1. The van der Waals surface area contributed by atoms with E-state index in [1.807, 2.05) is 0 Å². The first-order chi connectivity index (χ1) is 34.0. The molecule has 0 amide bonds. The molecule has 1 atom stereocenters. The zero-order valence-electron chi connectivity index (χ0n) is 44.3. The van der Waals surface area contributed by atoms with Crippen LogP contribution in [0.2, 0.25) is 0 Å². The third-order valence-corrected chi connectivity index (χ3v) is 11.1. The Morgan fingerprint density at radius 3 is 0.855 bits per heavy atom. The lowest BCUT2D eigenvalue weighted by molar-refractivity contribution is -0.167. The summed E-state index contributed by atoms with van der Waals surface area (Å²) in [6.45, 7) is 6.43. The third-order valence-electron chi connectivity index (χ3n) is 11.1. The number of esters is 3. The summed E-state index contributed by atoms with van der Waals surface area (Å²) in [7, 11) is 0. The van der Waals surface area contributed by atoms with E-state index < -0.39 is 6.10 Å². The molecule has 0 unspecified atom stereocenters. The molecule has 388 valence electrons. The Morgan fingerprint density at radius 2 is 0.536 bits per heavy atom. The van der Waals surface area contributed by atoms with Crippen LogP contribution in [0, 0.1) is 0 Å². The van der Waals surface area contributed by atoms with Crippen molar-refractivity contribution in [2.75, 3.05) is 13.2 Å². The van der Waals surface area contributed by atoms with Gasteiger partial charge in [0.1, 0.15) is 13.2 Å². The summed E-state index contributed by atoms with van der Waals surface area (Å²) in [4.78, 5) is 38.1. The van der Waals surface area contributed by atoms with E-state index in [4.69, 9.17) is 14.2 Å². The Kier molecular flexibility index (Phi) is 52.5. The molecule has 0 aromatic heterocycles. The normalized spacial score (nSPS) is 13.1. The highest BCUT2D eigenvalue weighted by Crippen LogP contribution is 2.11. The van der Waals surface area contributed by atoms with Crippen LogP contribution in [-0.2, 0) is 28.6 Å². The average Bonchev–Trinajstić information content (AvgIpc) is 3.35. The van der Waals surface area contributed by atoms with Gasteiger partial charge in [-0.2, -0.15) is 0 Å². The minimum atomic E-state index is -0.843. The summed E-state index contributed by atoms with van der Waals surface area (Å²) < 4.78 is 16.7. The molecule has 0 N–H and O–H groups in total. The Bertz CT molecular complexity index is 1510. The van der Waals surface area contributed by atoms with Crippen molar-refractivity contribution in [3.05, 3.63) is 134 Å². The minimum Gasteiger partial charge on any atom is -0.462 e. The van der Waals surface area contributed by atoms with Gasteiger partial charge in [-0.1, -0.05) is 206 Å². The molecule has 0 bridgehead atoms. The first-order valence-electron chi connectivity index (χ1n) is 27.7. The maximum absolute atomic E-state index is 12.8. The summed E-state index contributed by atoms with van der Waals surface area (Å²) in [6, 6.07) is 0. The first-order valence-corrected chi connectivity index (χ1v) is 27.7. The van der Waals surface area contributed by atoms with Crippen molar-refractivity contribution in [3.8, 4) is 0 Å². The van der Waals surface area contributed by atoms with Gasteiger partial charge < -0.3 is 14.2 Å². The van der Waals surface area contributed by atoms with E-state index in [2.05, 4.69) is 154 Å². The topological polar surface area (TPSA) is 78.9 Å². The Balaban J connectivity index is 4.63. The van der Waals surface area contributed by atoms with Crippen molar-refractivity contribution in [3.63, 3.8) is 0 Å². The highest BCUT2D eigenvalue weighted by Gasteiger charge is 2.19. The predicted octanol–water partition coefficient (Wildman–Crippen LogP) is 18.6. The van der Waals surface area contributed by atoms with Crippen molar-refractivity contribution in [1.29, 1.82) is 0 Å². The molecule has 0 saturated carbocycles. The van der Waals surface area contributed by atoms with Crippen molar-refractivity contribution in [2.45, 2.75) is 232 Å². The lowest BCUT2D eigenvalue weighted by Gasteiger charge is -2.18. The average molecular weight is 953 g/mol. The molecule has 0 saturated heterocycles. The molecular formula is C63H100O6. The van der Waals surface area contributed by atoms with Crippen LogP contribution < -0.4 is 0 Å². The number of hydrogen-bond acceptors (Lipinski definition) is 6. The van der Waals surface area contributed by atoms with Gasteiger partial charge in [0.05, 0.1) is 0 Å². The molecule has 0 aliphatic rings. The van der Waals surface area contributed by atoms with E-state index in [1.54, 1.807) is 0 Å². The fourth-order valence-corrected chi connectivity index (χ4v) is 6.90. The summed E-state index contributed by atoms with van der Waals surface area (Å²) in [6.07, 6.45) is 78.7. The second-order valence-electron chi connectivity index (χ2n) is 17.8. The van der Waals surface area contributed by atoms with E-state index in [1.165, 1.54) is 77.0 Å². The van der Waals surface area contributed by atoms with Gasteiger partial charge >= 0.3 is 17.9 Å². The second kappa shape index (κ2) is 56.1. The molecule has 0 fully saturated rings. The van der Waals surface area contributed by atoms with Crippen LogP contribution >= 0.6 is 0 Å². The quantitative estimate of drug-likeness (QED) is 0.0262. The molecule has 0 rings (SSSR count). The highest BCUT2D eigenvalue weighted by atomic mass is 16.6. The van der Waals surface area contributed by atoms with Crippen LogP contribution in [0.25, 0.3) is 0 Å². The van der Waals surface area contributed by atoms with Crippen molar-refractivity contribution >= 4 is 17.9 Å². The van der Waals surface area contributed by atoms with Crippen molar-refractivity contribution < 1.29 is 28.6 Å². The smallest absolute Gasteiger partial charge is 0.306 e. The van der Waals surface area contributed by atoms with Gasteiger partial charge in [-0.3, -0.25) is 14.4 Å². The highest BCUT2D eigenvalue weighted by molar-refractivity contribution is 5.71. The number of unbranched alkanes of at least 4 members (excludes halogenated alkanes) is 15. The van der Waals surface area contributed by atoms with E-state index in [0.29, 0.717) is 19.3 Å². The number of allylic oxidation sites excluding steroid dienone is 22. The summed E-state index contributed by atoms with van der Waals surface area (Å²) >= 11 is 0. The van der Waals surface area contributed by atoms with E-state index in [9.17, 15) is 14.4 Å². The van der Waals surface area contributed by atoms with Gasteiger partial charge in [0.2, 0.25) is 0 Å². The number of ether oxygens (including phenoxy) is 3. The fraction of sp³-hybridized carbons (Fsp3) is 0.603. The van der Waals surface area contributed by atoms with Gasteiger partial charge in [-0.25, -0.2) is 0 Å². The third kappa shape index (κ3) is 54.4. The predicted molar refractivity (Wildman–Crippen MR) is 297 cm³/mol. The van der Waals surface area contributed by atoms with Crippen LogP contribution in [0.3, 0.4) is 0 Å². The zero-order valence-corrected chi connectivity index (χ0v) is 44.3. The van der Waals surface area contributed by atoms with Crippen LogP contribution in [0.15, 0.2) is 134 Å². The zero-order chi connectivity index (χ0) is 50.0. The fourth-order valence-electron chi connectivity index (χ4n) is 6.90. The standard InChI is InChI=1S/C63H100O6/c1-4-7-10-13-16-19-22-25-28-31-34-37-40-43-46-49-52-55-61(64)67-58-60(69-63(66)57-54-51-48-45-42-39-36-33-30-27-24-21-18-15-12-9-6-3)59-68-62(65)56-53-50-47-44-41-38-35-32-29-26-23-20-17-14-11-8-5-2/h16-21,25-30,34-39,43,45-46,48,60H,4-15,22-24,31-33,40-42,44,47,49-59H2,1-3H3/b19-16-,20-17-,21-18-,28-25-,29-26-,30-27-,37-34-,38-35-,39-36-,46-43-,48-45-/t60-/m0/s1.